The molecular weight excluding hydrogens is 830 g/mol. The molecule has 15 heteroatoms. The molecular formula is C48H27ClF2N6O6. The van der Waals surface area contributed by atoms with Gasteiger partial charge in [0.25, 0.3) is 0 Å². The number of aromatic amines is 6. The molecule has 0 saturated heterocycles. The fourth-order valence-electron chi connectivity index (χ4n) is 7.83. The monoisotopic (exact) mass is 856 g/mol. The van der Waals surface area contributed by atoms with E-state index in [2.05, 4.69) is 29.9 Å². The lowest BCUT2D eigenvalue weighted by Crippen LogP contribution is -2.14. The van der Waals surface area contributed by atoms with Gasteiger partial charge in [0.15, 0.2) is 0 Å². The Labute approximate surface area is 353 Å². The van der Waals surface area contributed by atoms with Crippen LogP contribution in [0.25, 0.3) is 98.5 Å². The van der Waals surface area contributed by atoms with Crippen LogP contribution in [0.1, 0.15) is 0 Å². The van der Waals surface area contributed by atoms with Crippen LogP contribution in [0.2, 0.25) is 5.02 Å². The van der Waals surface area contributed by atoms with Gasteiger partial charge in [-0.15, -0.1) is 0 Å². The number of halogens is 3. The van der Waals surface area contributed by atoms with Gasteiger partial charge in [0.1, 0.15) is 44.7 Å². The number of fused-ring (bicyclic) bond motifs is 9. The lowest BCUT2D eigenvalue weighted by Gasteiger charge is -2.05. The van der Waals surface area contributed by atoms with Crippen molar-refractivity contribution in [2.24, 2.45) is 0 Å². The van der Waals surface area contributed by atoms with Gasteiger partial charge in [-0.3, -0.25) is 28.8 Å². The highest BCUT2D eigenvalue weighted by atomic mass is 35.5. The van der Waals surface area contributed by atoms with Crippen LogP contribution in [0.15, 0.2) is 156 Å². The smallest absolute Gasteiger partial charge is 0.213 e. The normalized spacial score (nSPS) is 11.5. The number of benzene rings is 6. The highest BCUT2D eigenvalue weighted by Gasteiger charge is 2.15. The Hall–Kier alpha value is -8.49. The average molecular weight is 857 g/mol. The maximum atomic E-state index is 13.3. The number of pyridine rings is 6. The second kappa shape index (κ2) is 14.9. The van der Waals surface area contributed by atoms with E-state index in [1.54, 1.807) is 84.9 Å². The van der Waals surface area contributed by atoms with E-state index in [1.165, 1.54) is 36.4 Å². The second-order valence-corrected chi connectivity index (χ2v) is 15.1. The van der Waals surface area contributed by atoms with E-state index in [-0.39, 0.29) is 71.1 Å². The Kier molecular flexibility index (Phi) is 9.15. The molecule has 0 aliphatic carbocycles. The molecule has 6 N–H and O–H groups in total. The largest absolute Gasteiger partial charge is 0.350 e. The lowest BCUT2D eigenvalue weighted by atomic mass is 10.1. The Bertz CT molecular complexity index is 4120. The first-order valence-corrected chi connectivity index (χ1v) is 19.6. The maximum absolute atomic E-state index is 13.3. The zero-order chi connectivity index (χ0) is 43.7. The molecule has 12 nitrogen and oxygen atoms in total. The van der Waals surface area contributed by atoms with Crippen LogP contribution in [0.3, 0.4) is 0 Å². The van der Waals surface area contributed by atoms with Crippen molar-refractivity contribution < 1.29 is 8.78 Å². The van der Waals surface area contributed by atoms with Crippen LogP contribution in [-0.4, -0.2) is 29.9 Å². The van der Waals surface area contributed by atoms with Crippen molar-refractivity contribution in [3.05, 3.63) is 205 Å². The van der Waals surface area contributed by atoms with Gasteiger partial charge in [-0.1, -0.05) is 48.0 Å². The van der Waals surface area contributed by atoms with Crippen molar-refractivity contribution in [2.45, 2.75) is 0 Å². The zero-order valence-corrected chi connectivity index (χ0v) is 33.0. The summed E-state index contributed by atoms with van der Waals surface area (Å²) >= 11 is 5.95. The molecule has 6 heterocycles. The van der Waals surface area contributed by atoms with Crippen LogP contribution in [0.4, 0.5) is 8.78 Å². The highest BCUT2D eigenvalue weighted by Crippen LogP contribution is 2.20. The maximum Gasteiger partial charge on any atom is 0.213 e. The standard InChI is InChI=1S/C16H9ClN2O2.2C16H9FN2O2/c17-8-5-6-10-12(7-8)19-14-13(16(10)21)18-11-4-2-1-3-9(11)15(14)20;17-8-5-6-12-10(7-8)16(21)14-13(19-12)15(20)9-3-1-2-4-11(9)18-14;17-8-5-6-10-12(7-8)19-14-13(16(10)21)18-11-4-2-1-3-9(11)15(14)20/h3*1-7H,(H,18,20)(H,19,21). The van der Waals surface area contributed by atoms with E-state index in [1.807, 2.05) is 6.07 Å². The molecule has 63 heavy (non-hydrogen) atoms. The minimum Gasteiger partial charge on any atom is -0.350 e. The number of rotatable bonds is 0. The van der Waals surface area contributed by atoms with Gasteiger partial charge in [0.2, 0.25) is 32.6 Å². The van der Waals surface area contributed by atoms with Crippen molar-refractivity contribution in [2.75, 3.05) is 0 Å². The van der Waals surface area contributed by atoms with E-state index in [4.69, 9.17) is 11.6 Å². The summed E-state index contributed by atoms with van der Waals surface area (Å²) in [5.41, 5.74) is 2.80. The molecule has 12 aromatic rings. The van der Waals surface area contributed by atoms with Crippen LogP contribution in [-0.2, 0) is 0 Å². The SMILES string of the molecule is O=c1c2ccccc2[nH]c2c(=O)c3cc(F)ccc3[nH]c12.O=c1c2ccccc2[nH]c2c(=O)c3ccc(Cl)cc3[nH]c12.O=c1c2ccccc2[nH]c2c(=O)c3ccc(F)cc3[nH]c12. The molecule has 0 aliphatic rings. The molecule has 0 atom stereocenters. The predicted octanol–water partition coefficient (Wildman–Crippen LogP) is 8.50. The van der Waals surface area contributed by atoms with Gasteiger partial charge in [0, 0.05) is 48.5 Å². The summed E-state index contributed by atoms with van der Waals surface area (Å²) in [6.45, 7) is 0. The van der Waals surface area contributed by atoms with E-state index in [0.717, 1.165) is 0 Å². The molecule has 12 rings (SSSR count). The fraction of sp³-hybridized carbons (Fsp3) is 0. The van der Waals surface area contributed by atoms with Crippen LogP contribution in [0.5, 0.6) is 0 Å². The molecule has 0 unspecified atom stereocenters. The van der Waals surface area contributed by atoms with Crippen LogP contribution in [0, 0.1) is 11.6 Å². The molecule has 306 valence electrons. The second-order valence-electron chi connectivity index (χ2n) is 14.7. The number of aromatic nitrogens is 6. The van der Waals surface area contributed by atoms with Crippen LogP contribution >= 0.6 is 11.6 Å². The lowest BCUT2D eigenvalue weighted by molar-refractivity contribution is 0.629. The Morgan fingerprint density at radius 2 is 0.603 bits per heavy atom. The highest BCUT2D eigenvalue weighted by molar-refractivity contribution is 6.31. The Balaban J connectivity index is 0.000000112. The van der Waals surface area contributed by atoms with Gasteiger partial charge in [0.05, 0.1) is 21.9 Å². The third-order valence-corrected chi connectivity index (χ3v) is 11.1. The van der Waals surface area contributed by atoms with Crippen molar-refractivity contribution >= 4 is 110 Å². The zero-order valence-electron chi connectivity index (χ0n) is 32.2. The van der Waals surface area contributed by atoms with Gasteiger partial charge >= 0.3 is 0 Å². The number of H-pyrrole nitrogens is 6. The number of nitrogens with one attached hydrogen (secondary N) is 6. The minimum absolute atomic E-state index is 0.164. The van der Waals surface area contributed by atoms with Gasteiger partial charge < -0.3 is 29.9 Å². The van der Waals surface area contributed by atoms with Crippen molar-refractivity contribution in [1.29, 1.82) is 0 Å². The molecule has 6 aromatic heterocycles. The third kappa shape index (κ3) is 6.52. The average Bonchev–Trinajstić information content (AvgIpc) is 3.29. The summed E-state index contributed by atoms with van der Waals surface area (Å²) in [6.07, 6.45) is 0. The van der Waals surface area contributed by atoms with E-state index in [0.29, 0.717) is 65.1 Å². The van der Waals surface area contributed by atoms with Crippen molar-refractivity contribution in [1.82, 2.24) is 29.9 Å². The fourth-order valence-corrected chi connectivity index (χ4v) is 8.00. The summed E-state index contributed by atoms with van der Waals surface area (Å²) < 4.78 is 26.6. The Morgan fingerprint density at radius 1 is 0.302 bits per heavy atom. The minimum atomic E-state index is -0.490. The Morgan fingerprint density at radius 3 is 1.05 bits per heavy atom. The summed E-state index contributed by atoms with van der Waals surface area (Å²) in [7, 11) is 0. The topological polar surface area (TPSA) is 197 Å². The quantitative estimate of drug-likeness (QED) is 0.0827. The van der Waals surface area contributed by atoms with Crippen LogP contribution < -0.4 is 32.6 Å². The first kappa shape index (κ1) is 38.7. The third-order valence-electron chi connectivity index (χ3n) is 10.9. The summed E-state index contributed by atoms with van der Waals surface area (Å²) in [5, 5.41) is 3.09. The molecule has 0 aliphatic heterocycles. The molecule has 0 saturated carbocycles. The van der Waals surface area contributed by atoms with E-state index < -0.39 is 11.6 Å². The van der Waals surface area contributed by atoms with Gasteiger partial charge in [-0.2, -0.15) is 0 Å². The molecule has 0 spiro atoms. The molecule has 0 amide bonds. The number of hydrogen-bond donors (Lipinski definition) is 6. The van der Waals surface area contributed by atoms with E-state index >= 15 is 0 Å². The summed E-state index contributed by atoms with van der Waals surface area (Å²) in [4.78, 5) is 92.9. The first-order chi connectivity index (χ1) is 30.4. The predicted molar refractivity (Wildman–Crippen MR) is 246 cm³/mol. The first-order valence-electron chi connectivity index (χ1n) is 19.2. The number of hydrogen-bond acceptors (Lipinski definition) is 6. The van der Waals surface area contributed by atoms with Crippen molar-refractivity contribution in [3.63, 3.8) is 0 Å². The summed E-state index contributed by atoms with van der Waals surface area (Å²) in [5.74, 6) is -0.954. The molecule has 0 radical (unpaired) electrons. The number of para-hydroxylation sites is 3. The molecule has 0 fully saturated rings. The molecule has 6 aromatic carbocycles. The molecule has 0 bridgehead atoms. The van der Waals surface area contributed by atoms with Crippen molar-refractivity contribution in [3.8, 4) is 0 Å². The van der Waals surface area contributed by atoms with E-state index in [9.17, 15) is 37.5 Å². The summed E-state index contributed by atoms with van der Waals surface area (Å²) in [6, 6.07) is 33.7. The van der Waals surface area contributed by atoms with Gasteiger partial charge in [-0.05, 0) is 91.0 Å². The van der Waals surface area contributed by atoms with Gasteiger partial charge in [-0.25, -0.2) is 8.78 Å².